The Labute approximate surface area is 295 Å². The molecule has 0 atom stereocenters. The maximum absolute atomic E-state index is 6.27. The lowest BCUT2D eigenvalue weighted by molar-refractivity contribution is 0.669. The van der Waals surface area contributed by atoms with Crippen molar-refractivity contribution in [3.8, 4) is 39.1 Å². The summed E-state index contributed by atoms with van der Waals surface area (Å²) in [6.45, 7) is 0. The molecular formula is C48H32N2O. The van der Waals surface area contributed by atoms with E-state index < -0.39 is 0 Å². The van der Waals surface area contributed by atoms with E-state index in [2.05, 4.69) is 180 Å². The molecule has 0 saturated carbocycles. The van der Waals surface area contributed by atoms with Crippen LogP contribution < -0.4 is 5.32 Å². The minimum absolute atomic E-state index is 0.905. The molecule has 2 heterocycles. The second kappa shape index (κ2) is 11.9. The summed E-state index contributed by atoms with van der Waals surface area (Å²) in [7, 11) is 0. The zero-order valence-corrected chi connectivity index (χ0v) is 27.8. The summed E-state index contributed by atoms with van der Waals surface area (Å²) < 4.78 is 8.66. The van der Waals surface area contributed by atoms with E-state index in [0.717, 1.165) is 44.6 Å². The smallest absolute Gasteiger partial charge is 0.136 e. The van der Waals surface area contributed by atoms with Crippen LogP contribution in [0.1, 0.15) is 0 Å². The zero-order valence-electron chi connectivity index (χ0n) is 27.8. The first-order chi connectivity index (χ1) is 25.3. The Bertz CT molecular complexity index is 2870. The van der Waals surface area contributed by atoms with Crippen LogP contribution in [0.2, 0.25) is 0 Å². The summed E-state index contributed by atoms with van der Waals surface area (Å²) in [4.78, 5) is 0. The van der Waals surface area contributed by atoms with Gasteiger partial charge in [0.2, 0.25) is 0 Å². The second-order valence-corrected chi connectivity index (χ2v) is 13.0. The first kappa shape index (κ1) is 29.1. The molecule has 240 valence electrons. The molecule has 0 spiro atoms. The molecule has 10 rings (SSSR count). The molecule has 0 radical (unpaired) electrons. The lowest BCUT2D eigenvalue weighted by atomic mass is 9.95. The Kier molecular flexibility index (Phi) is 6.81. The third kappa shape index (κ3) is 4.98. The molecule has 0 amide bonds. The number of para-hydroxylation sites is 3. The molecule has 0 unspecified atom stereocenters. The van der Waals surface area contributed by atoms with Gasteiger partial charge in [0.25, 0.3) is 0 Å². The van der Waals surface area contributed by atoms with Crippen molar-refractivity contribution in [2.24, 2.45) is 0 Å². The van der Waals surface area contributed by atoms with E-state index in [4.69, 9.17) is 4.42 Å². The highest BCUT2D eigenvalue weighted by molar-refractivity contribution is 6.15. The molecule has 10 aromatic rings. The summed E-state index contributed by atoms with van der Waals surface area (Å²) in [6.07, 6.45) is 0. The number of nitrogens with one attached hydrogen (secondary N) is 1. The van der Waals surface area contributed by atoms with Crippen LogP contribution >= 0.6 is 0 Å². The molecule has 3 nitrogen and oxygen atoms in total. The van der Waals surface area contributed by atoms with Gasteiger partial charge in [-0.3, -0.25) is 0 Å². The van der Waals surface area contributed by atoms with Crippen molar-refractivity contribution in [1.82, 2.24) is 4.57 Å². The van der Waals surface area contributed by atoms with Gasteiger partial charge in [-0.05, 0) is 101 Å². The number of nitrogens with zero attached hydrogens (tertiary/aromatic N) is 1. The van der Waals surface area contributed by atoms with Gasteiger partial charge in [-0.2, -0.15) is 0 Å². The van der Waals surface area contributed by atoms with E-state index in [-0.39, 0.29) is 0 Å². The molecule has 0 bridgehead atoms. The lowest BCUT2D eigenvalue weighted by Gasteiger charge is -2.15. The standard InChI is InChI=1S/C48H32N2O/c1-4-13-32(14-5-1)40-29-33(23-26-43(40)49-36-15-6-2-7-16-36)34-24-27-44-41(30-34)42-31-35(25-28-45(42)50(44)37-17-8-3-9-18-37)38-20-12-22-47-48(38)39-19-10-11-21-46(39)51-47/h1-31,49H. The highest BCUT2D eigenvalue weighted by atomic mass is 16.3. The SMILES string of the molecule is c1ccc(Nc2ccc(-c3ccc4c(c3)c3cc(-c5cccc6oc7ccccc7c56)ccc3n4-c3ccccc3)cc2-c2ccccc2)cc1. The average molecular weight is 653 g/mol. The fourth-order valence-corrected chi connectivity index (χ4v) is 7.61. The van der Waals surface area contributed by atoms with Crippen molar-refractivity contribution in [3.05, 3.63) is 188 Å². The molecule has 0 aliphatic rings. The number of aromatic nitrogens is 1. The van der Waals surface area contributed by atoms with Gasteiger partial charge in [0.1, 0.15) is 11.2 Å². The van der Waals surface area contributed by atoms with Gasteiger partial charge in [0.15, 0.2) is 0 Å². The van der Waals surface area contributed by atoms with E-state index in [1.807, 2.05) is 18.2 Å². The Morgan fingerprint density at radius 2 is 1.00 bits per heavy atom. The van der Waals surface area contributed by atoms with Crippen molar-refractivity contribution in [3.63, 3.8) is 0 Å². The predicted octanol–water partition coefficient (Wildman–Crippen LogP) is 13.4. The van der Waals surface area contributed by atoms with Gasteiger partial charge in [-0.15, -0.1) is 0 Å². The fourth-order valence-electron chi connectivity index (χ4n) is 7.61. The van der Waals surface area contributed by atoms with Crippen LogP contribution in [-0.2, 0) is 0 Å². The molecule has 8 aromatic carbocycles. The number of hydrogen-bond donors (Lipinski definition) is 1. The minimum atomic E-state index is 0.905. The van der Waals surface area contributed by atoms with Crippen LogP contribution in [0.15, 0.2) is 192 Å². The highest BCUT2D eigenvalue weighted by Gasteiger charge is 2.18. The largest absolute Gasteiger partial charge is 0.456 e. The van der Waals surface area contributed by atoms with Crippen LogP contribution in [0.3, 0.4) is 0 Å². The predicted molar refractivity (Wildman–Crippen MR) is 214 cm³/mol. The number of furan rings is 1. The third-order valence-electron chi connectivity index (χ3n) is 9.98. The number of benzene rings is 8. The summed E-state index contributed by atoms with van der Waals surface area (Å²) in [5.41, 5.74) is 14.4. The molecule has 0 aliphatic carbocycles. The fraction of sp³-hybridized carbons (Fsp3) is 0. The van der Waals surface area contributed by atoms with Gasteiger partial charge in [0.05, 0.1) is 11.0 Å². The van der Waals surface area contributed by atoms with Crippen LogP contribution in [0.5, 0.6) is 0 Å². The maximum atomic E-state index is 6.27. The van der Waals surface area contributed by atoms with Crippen LogP contribution in [0, 0.1) is 0 Å². The second-order valence-electron chi connectivity index (χ2n) is 13.0. The molecule has 0 saturated heterocycles. The summed E-state index contributed by atoms with van der Waals surface area (Å²) >= 11 is 0. The molecule has 3 heteroatoms. The van der Waals surface area contributed by atoms with E-state index in [1.165, 1.54) is 49.6 Å². The summed E-state index contributed by atoms with van der Waals surface area (Å²) in [5.74, 6) is 0. The molecule has 0 fully saturated rings. The van der Waals surface area contributed by atoms with Gasteiger partial charge in [-0.25, -0.2) is 0 Å². The molecular weight excluding hydrogens is 621 g/mol. The Morgan fingerprint density at radius 1 is 0.392 bits per heavy atom. The highest BCUT2D eigenvalue weighted by Crippen LogP contribution is 2.42. The van der Waals surface area contributed by atoms with Crippen molar-refractivity contribution in [2.45, 2.75) is 0 Å². The zero-order chi connectivity index (χ0) is 33.7. The molecule has 51 heavy (non-hydrogen) atoms. The van der Waals surface area contributed by atoms with Crippen molar-refractivity contribution < 1.29 is 4.42 Å². The van der Waals surface area contributed by atoms with Gasteiger partial charge < -0.3 is 14.3 Å². The number of anilines is 2. The first-order valence-corrected chi connectivity index (χ1v) is 17.3. The lowest BCUT2D eigenvalue weighted by Crippen LogP contribution is -1.94. The van der Waals surface area contributed by atoms with Crippen LogP contribution in [0.25, 0.3) is 82.8 Å². The van der Waals surface area contributed by atoms with E-state index in [9.17, 15) is 0 Å². The van der Waals surface area contributed by atoms with E-state index in [0.29, 0.717) is 0 Å². The first-order valence-electron chi connectivity index (χ1n) is 17.3. The summed E-state index contributed by atoms with van der Waals surface area (Å²) in [5, 5.41) is 8.37. The van der Waals surface area contributed by atoms with Gasteiger partial charge in [-0.1, -0.05) is 115 Å². The normalized spacial score (nSPS) is 11.5. The Morgan fingerprint density at radius 3 is 1.78 bits per heavy atom. The van der Waals surface area contributed by atoms with Gasteiger partial charge >= 0.3 is 0 Å². The Balaban J connectivity index is 1.18. The maximum Gasteiger partial charge on any atom is 0.136 e. The average Bonchev–Trinajstić information content (AvgIpc) is 3.74. The number of hydrogen-bond acceptors (Lipinski definition) is 2. The quantitative estimate of drug-likeness (QED) is 0.194. The van der Waals surface area contributed by atoms with Gasteiger partial charge in [0, 0.05) is 44.2 Å². The monoisotopic (exact) mass is 652 g/mol. The van der Waals surface area contributed by atoms with Crippen molar-refractivity contribution >= 4 is 55.1 Å². The number of rotatable bonds is 6. The molecule has 2 aromatic heterocycles. The topological polar surface area (TPSA) is 30.1 Å². The Hall–Kier alpha value is -6.84. The summed E-state index contributed by atoms with van der Waals surface area (Å²) in [6, 6.07) is 66.9. The minimum Gasteiger partial charge on any atom is -0.456 e. The van der Waals surface area contributed by atoms with Crippen molar-refractivity contribution in [2.75, 3.05) is 5.32 Å². The van der Waals surface area contributed by atoms with Crippen LogP contribution in [-0.4, -0.2) is 4.57 Å². The van der Waals surface area contributed by atoms with E-state index >= 15 is 0 Å². The molecule has 0 aliphatic heterocycles. The van der Waals surface area contributed by atoms with Crippen molar-refractivity contribution in [1.29, 1.82) is 0 Å². The van der Waals surface area contributed by atoms with Crippen LogP contribution in [0.4, 0.5) is 11.4 Å². The third-order valence-corrected chi connectivity index (χ3v) is 9.98. The number of fused-ring (bicyclic) bond motifs is 6. The van der Waals surface area contributed by atoms with E-state index in [1.54, 1.807) is 0 Å². The molecule has 1 N–H and O–H groups in total.